The third kappa shape index (κ3) is 3.26. The van der Waals surface area contributed by atoms with Crippen LogP contribution in [0.3, 0.4) is 0 Å². The lowest BCUT2D eigenvalue weighted by Gasteiger charge is -2.25. The Morgan fingerprint density at radius 1 is 1.07 bits per heavy atom. The quantitative estimate of drug-likeness (QED) is 0.681. The number of para-hydroxylation sites is 1. The van der Waals surface area contributed by atoms with Gasteiger partial charge in [0.15, 0.2) is 0 Å². The predicted octanol–water partition coefficient (Wildman–Crippen LogP) is 3.88. The molecule has 84 valence electrons. The van der Waals surface area contributed by atoms with Crippen molar-refractivity contribution in [3.63, 3.8) is 0 Å². The van der Waals surface area contributed by atoms with Gasteiger partial charge in [0.2, 0.25) is 0 Å². The van der Waals surface area contributed by atoms with Crippen LogP contribution in [-0.4, -0.2) is 13.1 Å². The van der Waals surface area contributed by atoms with Crippen LogP contribution in [-0.2, 0) is 6.42 Å². The van der Waals surface area contributed by atoms with Crippen molar-refractivity contribution in [1.82, 2.24) is 0 Å². The fraction of sp³-hybridized carbons (Fsp3) is 0.571. The fourth-order valence-electron chi connectivity index (χ4n) is 1.92. The Kier molecular flexibility index (Phi) is 5.23. The average Bonchev–Trinajstić information content (AvgIpc) is 2.30. The Morgan fingerprint density at radius 2 is 1.80 bits per heavy atom. The van der Waals surface area contributed by atoms with E-state index in [4.69, 9.17) is 0 Å². The smallest absolute Gasteiger partial charge is 0.0398 e. The number of hydrogen-bond donors (Lipinski definition) is 0. The van der Waals surface area contributed by atoms with Gasteiger partial charge in [-0.2, -0.15) is 0 Å². The Labute approximate surface area is 94.1 Å². The van der Waals surface area contributed by atoms with Crippen LogP contribution in [0.1, 0.15) is 39.2 Å². The number of nitrogens with zero attached hydrogens (tertiary/aromatic N) is 1. The molecule has 0 N–H and O–H groups in total. The average molecular weight is 205 g/mol. The molecule has 0 amide bonds. The van der Waals surface area contributed by atoms with Crippen molar-refractivity contribution in [3.8, 4) is 0 Å². The fourth-order valence-corrected chi connectivity index (χ4v) is 1.92. The maximum Gasteiger partial charge on any atom is 0.0398 e. The molecule has 0 atom stereocenters. The van der Waals surface area contributed by atoms with Gasteiger partial charge in [-0.3, -0.25) is 0 Å². The van der Waals surface area contributed by atoms with Crippen molar-refractivity contribution in [2.24, 2.45) is 0 Å². The lowest BCUT2D eigenvalue weighted by Crippen LogP contribution is -2.24. The molecule has 1 nitrogen and oxygen atoms in total. The first-order chi connectivity index (χ1) is 7.33. The summed E-state index contributed by atoms with van der Waals surface area (Å²) in [6, 6.07) is 8.76. The topological polar surface area (TPSA) is 3.24 Å². The van der Waals surface area contributed by atoms with E-state index in [0.29, 0.717) is 0 Å². The lowest BCUT2D eigenvalue weighted by atomic mass is 10.1. The van der Waals surface area contributed by atoms with Gasteiger partial charge in [0.1, 0.15) is 0 Å². The zero-order valence-electron chi connectivity index (χ0n) is 10.3. The van der Waals surface area contributed by atoms with Crippen LogP contribution in [0.4, 0.5) is 5.69 Å². The summed E-state index contributed by atoms with van der Waals surface area (Å²) < 4.78 is 0. The van der Waals surface area contributed by atoms with E-state index in [0.717, 1.165) is 13.0 Å². The second kappa shape index (κ2) is 6.49. The van der Waals surface area contributed by atoms with E-state index < -0.39 is 0 Å². The normalized spacial score (nSPS) is 10.3. The highest BCUT2D eigenvalue weighted by molar-refractivity contribution is 5.53. The molecule has 1 aromatic carbocycles. The van der Waals surface area contributed by atoms with Crippen molar-refractivity contribution in [2.75, 3.05) is 18.0 Å². The molecule has 0 aromatic heterocycles. The molecule has 0 fully saturated rings. The van der Waals surface area contributed by atoms with Gasteiger partial charge in [0, 0.05) is 18.8 Å². The van der Waals surface area contributed by atoms with Gasteiger partial charge in [-0.15, -0.1) is 0 Å². The van der Waals surface area contributed by atoms with Crippen LogP contribution in [0.25, 0.3) is 0 Å². The molecule has 0 aliphatic rings. The van der Waals surface area contributed by atoms with Crippen LogP contribution < -0.4 is 4.90 Å². The molecule has 1 heteroatoms. The van der Waals surface area contributed by atoms with Gasteiger partial charge in [-0.1, -0.05) is 38.5 Å². The van der Waals surface area contributed by atoms with Crippen molar-refractivity contribution >= 4 is 5.69 Å². The standard InChI is InChI=1S/C14H23N/c1-4-7-12-15(6-3)14-11-9-8-10-13(14)5-2/h8-11H,4-7,12H2,1-3H3. The molecule has 0 saturated carbocycles. The molecule has 0 radical (unpaired) electrons. The summed E-state index contributed by atoms with van der Waals surface area (Å²) in [7, 11) is 0. The highest BCUT2D eigenvalue weighted by Crippen LogP contribution is 2.20. The number of anilines is 1. The second-order valence-corrected chi connectivity index (χ2v) is 3.92. The van der Waals surface area contributed by atoms with Gasteiger partial charge in [0.05, 0.1) is 0 Å². The Balaban J connectivity index is 2.80. The molecule has 15 heavy (non-hydrogen) atoms. The Morgan fingerprint density at radius 3 is 2.40 bits per heavy atom. The van der Waals surface area contributed by atoms with E-state index in [1.165, 1.54) is 30.6 Å². The number of rotatable bonds is 6. The van der Waals surface area contributed by atoms with E-state index in [2.05, 4.69) is 49.9 Å². The van der Waals surface area contributed by atoms with Crippen molar-refractivity contribution < 1.29 is 0 Å². The Bertz CT molecular complexity index is 280. The number of hydrogen-bond acceptors (Lipinski definition) is 1. The summed E-state index contributed by atoms with van der Waals surface area (Å²) in [5.74, 6) is 0. The summed E-state index contributed by atoms with van der Waals surface area (Å²) in [4.78, 5) is 2.49. The van der Waals surface area contributed by atoms with E-state index in [1.54, 1.807) is 0 Å². The van der Waals surface area contributed by atoms with Crippen molar-refractivity contribution in [1.29, 1.82) is 0 Å². The van der Waals surface area contributed by atoms with Gasteiger partial charge in [0.25, 0.3) is 0 Å². The maximum absolute atomic E-state index is 2.49. The first kappa shape index (κ1) is 12.1. The molecule has 0 bridgehead atoms. The van der Waals surface area contributed by atoms with E-state index >= 15 is 0 Å². The summed E-state index contributed by atoms with van der Waals surface area (Å²) in [5, 5.41) is 0. The molecule has 0 spiro atoms. The predicted molar refractivity (Wildman–Crippen MR) is 68.6 cm³/mol. The first-order valence-corrected chi connectivity index (χ1v) is 6.16. The van der Waals surface area contributed by atoms with Gasteiger partial charge in [-0.05, 0) is 31.4 Å². The molecular weight excluding hydrogens is 182 g/mol. The highest BCUT2D eigenvalue weighted by Gasteiger charge is 2.06. The minimum atomic E-state index is 1.11. The van der Waals surface area contributed by atoms with E-state index in [-0.39, 0.29) is 0 Å². The zero-order chi connectivity index (χ0) is 11.1. The SMILES string of the molecule is CCCCN(CC)c1ccccc1CC. The van der Waals surface area contributed by atoms with E-state index in [1.807, 2.05) is 0 Å². The minimum absolute atomic E-state index is 1.11. The van der Waals surface area contributed by atoms with Crippen LogP contribution in [0.2, 0.25) is 0 Å². The molecule has 0 aliphatic carbocycles. The molecule has 0 unspecified atom stereocenters. The highest BCUT2D eigenvalue weighted by atomic mass is 15.1. The molecule has 1 aromatic rings. The maximum atomic E-state index is 2.49. The first-order valence-electron chi connectivity index (χ1n) is 6.16. The monoisotopic (exact) mass is 205 g/mol. The van der Waals surface area contributed by atoms with E-state index in [9.17, 15) is 0 Å². The third-order valence-electron chi connectivity index (χ3n) is 2.88. The molecule has 0 heterocycles. The van der Waals surface area contributed by atoms with Gasteiger partial charge >= 0.3 is 0 Å². The number of benzene rings is 1. The Hall–Kier alpha value is -0.980. The van der Waals surface area contributed by atoms with Gasteiger partial charge < -0.3 is 4.90 Å². The van der Waals surface area contributed by atoms with Crippen LogP contribution >= 0.6 is 0 Å². The third-order valence-corrected chi connectivity index (χ3v) is 2.88. The zero-order valence-corrected chi connectivity index (χ0v) is 10.3. The summed E-state index contributed by atoms with van der Waals surface area (Å²) in [6.07, 6.45) is 3.68. The van der Waals surface area contributed by atoms with Crippen LogP contribution in [0.15, 0.2) is 24.3 Å². The molecular formula is C14H23N. The summed E-state index contributed by atoms with van der Waals surface area (Å²) in [5.41, 5.74) is 2.89. The van der Waals surface area contributed by atoms with Crippen molar-refractivity contribution in [3.05, 3.63) is 29.8 Å². The van der Waals surface area contributed by atoms with Crippen LogP contribution in [0.5, 0.6) is 0 Å². The number of aryl methyl sites for hydroxylation is 1. The summed E-state index contributed by atoms with van der Waals surface area (Å²) in [6.45, 7) is 9.01. The molecule has 0 saturated heterocycles. The second-order valence-electron chi connectivity index (χ2n) is 3.92. The lowest BCUT2D eigenvalue weighted by molar-refractivity contribution is 0.729. The van der Waals surface area contributed by atoms with Crippen molar-refractivity contribution in [2.45, 2.75) is 40.0 Å². The molecule has 0 aliphatic heterocycles. The summed E-state index contributed by atoms with van der Waals surface area (Å²) >= 11 is 0. The number of unbranched alkanes of at least 4 members (excludes halogenated alkanes) is 1. The van der Waals surface area contributed by atoms with Crippen LogP contribution in [0, 0.1) is 0 Å². The largest absolute Gasteiger partial charge is 0.372 e. The minimum Gasteiger partial charge on any atom is -0.372 e. The molecule has 1 rings (SSSR count). The van der Waals surface area contributed by atoms with Gasteiger partial charge in [-0.25, -0.2) is 0 Å².